The molecule has 0 amide bonds. The SMILES string of the molecule is c1ccc(-c2nc(-c3ccccc3)nc(-c3cccc4sc5ccc(-c6cccc7c6oc6c(-n8c9ccccc9c9ccccc98)cccc67)cc5c34)n2)cc1. The van der Waals surface area contributed by atoms with Gasteiger partial charge in [0, 0.05) is 64.0 Å². The maximum absolute atomic E-state index is 7.03. The summed E-state index contributed by atoms with van der Waals surface area (Å²) in [5, 5.41) is 6.92. The maximum Gasteiger partial charge on any atom is 0.164 e. The van der Waals surface area contributed by atoms with Gasteiger partial charge in [0.1, 0.15) is 5.58 Å². The van der Waals surface area contributed by atoms with Gasteiger partial charge in [0.25, 0.3) is 0 Å². The van der Waals surface area contributed by atoms with E-state index in [0.29, 0.717) is 17.5 Å². The second-order valence-electron chi connectivity index (χ2n) is 14.3. The molecule has 0 saturated heterocycles. The first-order valence-electron chi connectivity index (χ1n) is 19.0. The van der Waals surface area contributed by atoms with E-state index in [1.54, 1.807) is 11.3 Å². The van der Waals surface area contributed by atoms with Crippen LogP contribution in [0.2, 0.25) is 0 Å². The van der Waals surface area contributed by atoms with Crippen LogP contribution in [0.15, 0.2) is 186 Å². The van der Waals surface area contributed by atoms with E-state index in [0.717, 1.165) is 77.2 Å². The number of fused-ring (bicyclic) bond motifs is 9. The summed E-state index contributed by atoms with van der Waals surface area (Å²) >= 11 is 1.79. The van der Waals surface area contributed by atoms with Crippen LogP contribution in [0.3, 0.4) is 0 Å². The number of nitrogens with zero attached hydrogens (tertiary/aromatic N) is 4. The van der Waals surface area contributed by atoms with Crippen LogP contribution >= 0.6 is 11.3 Å². The molecule has 0 unspecified atom stereocenters. The van der Waals surface area contributed by atoms with Crippen LogP contribution in [0, 0.1) is 0 Å². The number of aromatic nitrogens is 4. The number of thiophene rings is 1. The van der Waals surface area contributed by atoms with Gasteiger partial charge in [0.05, 0.1) is 16.7 Å². The van der Waals surface area contributed by atoms with Crippen molar-refractivity contribution in [3.05, 3.63) is 182 Å². The molecule has 0 spiro atoms. The minimum Gasteiger partial charge on any atom is -0.453 e. The lowest BCUT2D eigenvalue weighted by Crippen LogP contribution is -2.00. The summed E-state index contributed by atoms with van der Waals surface area (Å²) in [6, 6.07) is 63.7. The van der Waals surface area contributed by atoms with Gasteiger partial charge >= 0.3 is 0 Å². The number of hydrogen-bond acceptors (Lipinski definition) is 5. The fourth-order valence-corrected chi connectivity index (χ4v) is 9.61. The normalized spacial score (nSPS) is 11.9. The van der Waals surface area contributed by atoms with Crippen LogP contribution in [0.5, 0.6) is 0 Å². The number of hydrogen-bond donors (Lipinski definition) is 0. The Morgan fingerprint density at radius 2 is 0.947 bits per heavy atom. The van der Waals surface area contributed by atoms with Crippen molar-refractivity contribution < 1.29 is 4.42 Å². The van der Waals surface area contributed by atoms with Crippen molar-refractivity contribution in [3.63, 3.8) is 0 Å². The summed E-state index contributed by atoms with van der Waals surface area (Å²) in [4.78, 5) is 15.2. The number of rotatable bonds is 5. The number of para-hydroxylation sites is 4. The standard InChI is InChI=1S/C51H30N4OS/c1-3-14-31(15-4-1)49-52-50(32-16-5-2-6-17-32)54-51(53-49)39-23-13-27-45-46(39)40-30-33(28-29-44(40)57-45)34-20-11-21-37-38-22-12-26-43(48(38)56-47(34)37)55-41-24-9-7-18-35(41)36-19-8-10-25-42(36)55/h1-30H. The summed E-state index contributed by atoms with van der Waals surface area (Å²) in [5.41, 5.74) is 10.1. The molecule has 0 bridgehead atoms. The molecule has 4 aromatic heterocycles. The third kappa shape index (κ3) is 4.98. The number of furan rings is 1. The molecule has 0 aliphatic rings. The average Bonchev–Trinajstić information content (AvgIpc) is 3.96. The second-order valence-corrected chi connectivity index (χ2v) is 15.4. The molecule has 5 nitrogen and oxygen atoms in total. The van der Waals surface area contributed by atoms with Gasteiger partial charge < -0.3 is 8.98 Å². The van der Waals surface area contributed by atoms with Crippen molar-refractivity contribution in [2.24, 2.45) is 0 Å². The van der Waals surface area contributed by atoms with E-state index >= 15 is 0 Å². The van der Waals surface area contributed by atoms with E-state index in [1.807, 2.05) is 60.7 Å². The Morgan fingerprint density at radius 3 is 1.65 bits per heavy atom. The highest BCUT2D eigenvalue weighted by molar-refractivity contribution is 7.26. The van der Waals surface area contributed by atoms with Gasteiger partial charge in [0.15, 0.2) is 23.1 Å². The highest BCUT2D eigenvalue weighted by Gasteiger charge is 2.21. The summed E-state index contributed by atoms with van der Waals surface area (Å²) < 4.78 is 11.8. The Kier molecular flexibility index (Phi) is 7.03. The lowest BCUT2D eigenvalue weighted by atomic mass is 9.99. The molecular formula is C51H30N4OS. The fourth-order valence-electron chi connectivity index (χ4n) is 8.50. The molecule has 0 aliphatic carbocycles. The highest BCUT2D eigenvalue weighted by atomic mass is 32.1. The van der Waals surface area contributed by atoms with E-state index in [-0.39, 0.29) is 0 Å². The van der Waals surface area contributed by atoms with Gasteiger partial charge in [-0.3, -0.25) is 0 Å². The van der Waals surface area contributed by atoms with Crippen molar-refractivity contribution >= 4 is 75.3 Å². The monoisotopic (exact) mass is 746 g/mol. The minimum atomic E-state index is 0.647. The predicted octanol–water partition coefficient (Wildman–Crippen LogP) is 13.9. The molecule has 0 aliphatic heterocycles. The molecule has 12 aromatic rings. The smallest absolute Gasteiger partial charge is 0.164 e. The van der Waals surface area contributed by atoms with E-state index in [2.05, 4.69) is 126 Å². The van der Waals surface area contributed by atoms with Gasteiger partial charge in [-0.25, -0.2) is 15.0 Å². The van der Waals surface area contributed by atoms with Gasteiger partial charge in [0.2, 0.25) is 0 Å². The fraction of sp³-hybridized carbons (Fsp3) is 0. The third-order valence-corrected chi connectivity index (χ3v) is 12.2. The van der Waals surface area contributed by atoms with Gasteiger partial charge in [-0.15, -0.1) is 11.3 Å². The van der Waals surface area contributed by atoms with Gasteiger partial charge in [-0.2, -0.15) is 0 Å². The van der Waals surface area contributed by atoms with E-state index < -0.39 is 0 Å². The molecule has 0 atom stereocenters. The van der Waals surface area contributed by atoms with Crippen LogP contribution in [-0.2, 0) is 0 Å². The summed E-state index contributed by atoms with van der Waals surface area (Å²) in [6.45, 7) is 0. The van der Waals surface area contributed by atoms with Crippen molar-refractivity contribution in [2.75, 3.05) is 0 Å². The zero-order valence-corrected chi connectivity index (χ0v) is 31.2. The molecule has 4 heterocycles. The van der Waals surface area contributed by atoms with Crippen molar-refractivity contribution in [2.45, 2.75) is 0 Å². The molecule has 0 fully saturated rings. The van der Waals surface area contributed by atoms with Crippen LogP contribution in [-0.4, -0.2) is 19.5 Å². The first-order valence-corrected chi connectivity index (χ1v) is 19.8. The van der Waals surface area contributed by atoms with Crippen molar-refractivity contribution in [1.82, 2.24) is 19.5 Å². The molecular weight excluding hydrogens is 717 g/mol. The molecule has 0 N–H and O–H groups in total. The molecule has 12 rings (SSSR count). The summed E-state index contributed by atoms with van der Waals surface area (Å²) in [6.07, 6.45) is 0. The van der Waals surface area contributed by atoms with Crippen molar-refractivity contribution in [3.8, 4) is 51.0 Å². The van der Waals surface area contributed by atoms with Crippen LogP contribution < -0.4 is 0 Å². The molecule has 6 heteroatoms. The van der Waals surface area contributed by atoms with Crippen LogP contribution in [0.4, 0.5) is 0 Å². The van der Waals surface area contributed by atoms with E-state index in [4.69, 9.17) is 19.4 Å². The quantitative estimate of drug-likeness (QED) is 0.176. The Morgan fingerprint density at radius 1 is 0.386 bits per heavy atom. The zero-order valence-electron chi connectivity index (χ0n) is 30.4. The highest BCUT2D eigenvalue weighted by Crippen LogP contribution is 2.44. The first-order chi connectivity index (χ1) is 28.3. The Balaban J connectivity index is 1.06. The van der Waals surface area contributed by atoms with E-state index in [1.165, 1.54) is 20.2 Å². The minimum absolute atomic E-state index is 0.647. The average molecular weight is 747 g/mol. The Bertz CT molecular complexity index is 3420. The summed E-state index contributed by atoms with van der Waals surface area (Å²) in [5.74, 6) is 1.94. The number of benzene rings is 8. The second kappa shape index (κ2) is 12.6. The van der Waals surface area contributed by atoms with E-state index in [9.17, 15) is 0 Å². The molecule has 0 saturated carbocycles. The van der Waals surface area contributed by atoms with Gasteiger partial charge in [-0.05, 0) is 42.0 Å². The maximum atomic E-state index is 7.03. The predicted molar refractivity (Wildman–Crippen MR) is 236 cm³/mol. The zero-order chi connectivity index (χ0) is 37.5. The van der Waals surface area contributed by atoms with Crippen molar-refractivity contribution in [1.29, 1.82) is 0 Å². The Labute approximate surface area is 330 Å². The Hall–Kier alpha value is -7.41. The lowest BCUT2D eigenvalue weighted by molar-refractivity contribution is 0.667. The molecule has 57 heavy (non-hydrogen) atoms. The van der Waals surface area contributed by atoms with Gasteiger partial charge in [-0.1, -0.05) is 146 Å². The topological polar surface area (TPSA) is 56.7 Å². The van der Waals surface area contributed by atoms with Crippen LogP contribution in [0.1, 0.15) is 0 Å². The third-order valence-electron chi connectivity index (χ3n) is 11.1. The lowest BCUT2D eigenvalue weighted by Gasteiger charge is -2.10. The van der Waals surface area contributed by atoms with Crippen LogP contribution in [0.25, 0.3) is 115 Å². The molecule has 8 aromatic carbocycles. The largest absolute Gasteiger partial charge is 0.453 e. The first kappa shape index (κ1) is 31.9. The summed E-state index contributed by atoms with van der Waals surface area (Å²) in [7, 11) is 0. The molecule has 266 valence electrons. The molecule has 0 radical (unpaired) electrons.